The molecule has 2 heterocycles. The van der Waals surface area contributed by atoms with Gasteiger partial charge in [-0.2, -0.15) is 4.57 Å². The first-order valence-electron chi connectivity index (χ1n) is 17.6. The molecule has 3 aromatic carbocycles. The number of hydrogen-bond donors (Lipinski definition) is 2. The highest BCUT2D eigenvalue weighted by atomic mass is 16.7. The van der Waals surface area contributed by atoms with Gasteiger partial charge in [0.05, 0.1) is 30.3 Å². The monoisotopic (exact) mass is 627 g/mol. The molecule has 2 N–H and O–H groups in total. The number of likely N-dealkylation sites (N-methyl/N-ethyl adjacent to an activating group) is 1. The van der Waals surface area contributed by atoms with Crippen molar-refractivity contribution in [3.8, 4) is 0 Å². The van der Waals surface area contributed by atoms with Crippen molar-refractivity contribution in [2.75, 3.05) is 50.8 Å². The fourth-order valence-electron chi connectivity index (χ4n) is 8.92. The minimum absolute atomic E-state index is 0.233. The predicted molar refractivity (Wildman–Crippen MR) is 193 cm³/mol. The molecule has 4 aromatic rings. The summed E-state index contributed by atoms with van der Waals surface area (Å²) in [5.41, 5.74) is 10.9. The number of benzene rings is 3. The number of fused-ring (bicyclic) bond motifs is 2. The Balaban J connectivity index is 1.24. The Kier molecular flexibility index (Phi) is 8.34. The van der Waals surface area contributed by atoms with Crippen LogP contribution in [0.4, 0.5) is 11.4 Å². The normalized spacial score (nSPS) is 22.3. The van der Waals surface area contributed by atoms with E-state index in [1.165, 1.54) is 73.7 Å². The van der Waals surface area contributed by atoms with Crippen LogP contribution in [0.15, 0.2) is 90.2 Å². The quantitative estimate of drug-likeness (QED) is 0.118. The van der Waals surface area contributed by atoms with Gasteiger partial charge in [-0.15, -0.1) is 0 Å². The molecule has 0 saturated carbocycles. The van der Waals surface area contributed by atoms with E-state index in [1.807, 2.05) is 7.05 Å². The average molecular weight is 628 g/mol. The van der Waals surface area contributed by atoms with Crippen LogP contribution >= 0.6 is 0 Å². The number of hydrogen-bond acceptors (Lipinski definition) is 5. The topological polar surface area (TPSA) is 49.6 Å². The van der Waals surface area contributed by atoms with Gasteiger partial charge in [-0.25, -0.2) is 5.06 Å². The highest BCUT2D eigenvalue weighted by Crippen LogP contribution is 2.64. The number of methoxy groups -OCH3 is 1. The van der Waals surface area contributed by atoms with E-state index >= 15 is 0 Å². The van der Waals surface area contributed by atoms with Crippen molar-refractivity contribution in [2.45, 2.75) is 57.0 Å². The number of nitrogens with one attached hydrogen (secondary N) is 2. The number of pyridine rings is 1. The molecule has 0 bridgehead atoms. The largest absolute Gasteiger partial charge is 0.383 e. The molecule has 6 nitrogen and oxygen atoms in total. The summed E-state index contributed by atoms with van der Waals surface area (Å²) in [7, 11) is 3.75. The van der Waals surface area contributed by atoms with Crippen LogP contribution in [-0.2, 0) is 16.1 Å². The number of ether oxygens (including phenoxy) is 1. The summed E-state index contributed by atoms with van der Waals surface area (Å²) in [6.07, 6.45) is 16.3. The maximum Gasteiger partial charge on any atom is 0.213 e. The lowest BCUT2D eigenvalue weighted by Gasteiger charge is -2.46. The molecule has 0 radical (unpaired) electrons. The third-order valence-corrected chi connectivity index (χ3v) is 10.9. The zero-order valence-corrected chi connectivity index (χ0v) is 28.0. The second kappa shape index (κ2) is 12.9. The summed E-state index contributed by atoms with van der Waals surface area (Å²) in [6, 6.07) is 20.7. The molecular formula is C41H47N4O2+. The minimum Gasteiger partial charge on any atom is -0.383 e. The molecule has 4 atom stereocenters. The number of allylic oxidation sites excluding steroid dienone is 4. The fraction of sp³-hybridized carbons (Fsp3) is 0.390. The summed E-state index contributed by atoms with van der Waals surface area (Å²) in [4.78, 5) is 6.68. The first kappa shape index (κ1) is 30.4. The number of para-hydroxylation sites is 1. The van der Waals surface area contributed by atoms with Crippen molar-refractivity contribution in [2.24, 2.45) is 5.92 Å². The molecule has 0 spiro atoms. The van der Waals surface area contributed by atoms with E-state index in [0.717, 1.165) is 32.5 Å². The summed E-state index contributed by atoms with van der Waals surface area (Å²) in [5, 5.41) is 13.4. The Bertz CT molecular complexity index is 1910. The minimum atomic E-state index is 0.233. The summed E-state index contributed by atoms with van der Waals surface area (Å²) >= 11 is 0. The van der Waals surface area contributed by atoms with Crippen LogP contribution in [-0.4, -0.2) is 46.5 Å². The van der Waals surface area contributed by atoms with Crippen LogP contribution in [0, 0.1) is 5.92 Å². The number of aromatic nitrogens is 1. The predicted octanol–water partition coefficient (Wildman–Crippen LogP) is 7.65. The molecular weight excluding hydrogens is 580 g/mol. The maximum absolute atomic E-state index is 6.68. The Morgan fingerprint density at radius 2 is 1.89 bits per heavy atom. The van der Waals surface area contributed by atoms with E-state index in [1.54, 1.807) is 7.11 Å². The second-order valence-corrected chi connectivity index (χ2v) is 13.5. The fourth-order valence-corrected chi connectivity index (χ4v) is 8.92. The number of anilines is 2. The van der Waals surface area contributed by atoms with Crippen molar-refractivity contribution in [1.82, 2.24) is 5.32 Å². The van der Waals surface area contributed by atoms with Gasteiger partial charge in [-0.05, 0) is 71.2 Å². The van der Waals surface area contributed by atoms with Crippen molar-refractivity contribution in [1.29, 1.82) is 0 Å². The number of hydroxylamine groups is 1. The smallest absolute Gasteiger partial charge is 0.213 e. The zero-order valence-electron chi connectivity index (χ0n) is 28.0. The molecule has 0 amide bonds. The van der Waals surface area contributed by atoms with Crippen LogP contribution in [0.25, 0.3) is 27.8 Å². The third kappa shape index (κ3) is 5.09. The van der Waals surface area contributed by atoms with Crippen LogP contribution < -0.4 is 20.3 Å². The first-order valence-corrected chi connectivity index (χ1v) is 17.6. The van der Waals surface area contributed by atoms with E-state index < -0.39 is 0 Å². The van der Waals surface area contributed by atoms with Gasteiger partial charge in [0.1, 0.15) is 6.54 Å². The molecule has 0 fully saturated rings. The van der Waals surface area contributed by atoms with Crippen molar-refractivity contribution in [3.05, 3.63) is 107 Å². The van der Waals surface area contributed by atoms with Gasteiger partial charge in [0, 0.05) is 61.7 Å². The van der Waals surface area contributed by atoms with E-state index in [4.69, 9.17) is 9.57 Å². The lowest BCUT2D eigenvalue weighted by atomic mass is 9.58. The zero-order chi connectivity index (χ0) is 31.9. The molecule has 8 rings (SSSR count). The standard InChI is InChI=1S/C41H47N4O2/c1-4-5-21-44-22-18-27(29-10-6-7-15-35(29)44)16-17-28-25-36-40-38-30(28)11-8-12-31(38)32-13-9-14-33-34(43-20-19-42-2)26-37(41(40)39(32)33)45(36)47-24-23-46-3/h6-11,13-18,22,26,31,36,38,40,42-43H,4-5,12,19-21,23-25H2,1-3H3/q+1/b17-16+. The summed E-state index contributed by atoms with van der Waals surface area (Å²) in [5.74, 6) is 1.28. The lowest BCUT2D eigenvalue weighted by Crippen LogP contribution is -2.43. The van der Waals surface area contributed by atoms with Crippen molar-refractivity contribution in [3.63, 3.8) is 0 Å². The number of unbranched alkanes of at least 4 members (excludes halogenated alkanes) is 1. The van der Waals surface area contributed by atoms with Gasteiger partial charge in [-0.1, -0.05) is 68.0 Å². The Hall–Kier alpha value is -3.97. The maximum atomic E-state index is 6.68. The molecule has 6 heteroatoms. The van der Waals surface area contributed by atoms with Gasteiger partial charge < -0.3 is 15.4 Å². The lowest BCUT2D eigenvalue weighted by molar-refractivity contribution is -0.671. The highest BCUT2D eigenvalue weighted by molar-refractivity contribution is 6.04. The molecule has 242 valence electrons. The van der Waals surface area contributed by atoms with E-state index in [2.05, 4.69) is 112 Å². The van der Waals surface area contributed by atoms with E-state index in [9.17, 15) is 0 Å². The summed E-state index contributed by atoms with van der Waals surface area (Å²) < 4.78 is 7.86. The second-order valence-electron chi connectivity index (χ2n) is 13.5. The van der Waals surface area contributed by atoms with Crippen LogP contribution in [0.1, 0.15) is 61.1 Å². The third-order valence-electron chi connectivity index (χ3n) is 10.9. The number of nitrogens with zero attached hydrogens (tertiary/aromatic N) is 2. The van der Waals surface area contributed by atoms with Crippen LogP contribution in [0.3, 0.4) is 0 Å². The van der Waals surface area contributed by atoms with Crippen molar-refractivity contribution >= 4 is 39.1 Å². The molecule has 0 saturated heterocycles. The van der Waals surface area contributed by atoms with Gasteiger partial charge in [0.25, 0.3) is 0 Å². The van der Waals surface area contributed by atoms with E-state index in [-0.39, 0.29) is 6.04 Å². The molecule has 47 heavy (non-hydrogen) atoms. The average Bonchev–Trinajstić information content (AvgIpc) is 3.42. The molecule has 1 aromatic heterocycles. The Morgan fingerprint density at radius 1 is 1.00 bits per heavy atom. The van der Waals surface area contributed by atoms with Crippen LogP contribution in [0.5, 0.6) is 0 Å². The first-order chi connectivity index (χ1) is 23.2. The van der Waals surface area contributed by atoms with Gasteiger partial charge in [0.2, 0.25) is 5.52 Å². The molecule has 4 unspecified atom stereocenters. The van der Waals surface area contributed by atoms with Gasteiger partial charge in [0.15, 0.2) is 6.20 Å². The number of rotatable bonds is 13. The molecule has 1 aliphatic heterocycles. The molecule has 3 aliphatic carbocycles. The Morgan fingerprint density at radius 3 is 2.77 bits per heavy atom. The molecule has 4 aliphatic rings. The Labute approximate surface area is 278 Å². The van der Waals surface area contributed by atoms with Gasteiger partial charge in [-0.3, -0.25) is 4.84 Å². The van der Waals surface area contributed by atoms with E-state index in [0.29, 0.717) is 31.0 Å². The number of aryl methyl sites for hydroxylation is 1. The van der Waals surface area contributed by atoms with Crippen molar-refractivity contribution < 1.29 is 14.1 Å². The highest BCUT2D eigenvalue weighted by Gasteiger charge is 2.54. The SMILES string of the molecule is CCCC[n+]1ccc(/C=C/C2=C3C=CCC4c5cccc6c(NCCNC)cc7c(c56)C(C34)C(C2)N7OCCOC)c2ccccc21. The summed E-state index contributed by atoms with van der Waals surface area (Å²) in [6.45, 7) is 6.19. The van der Waals surface area contributed by atoms with Gasteiger partial charge >= 0.3 is 0 Å². The van der Waals surface area contributed by atoms with Crippen LogP contribution in [0.2, 0.25) is 0 Å².